The number of anilines is 2. The van der Waals surface area contributed by atoms with E-state index < -0.39 is 10.0 Å². The number of fused-ring (bicyclic) bond motifs is 2. The summed E-state index contributed by atoms with van der Waals surface area (Å²) in [5.74, 6) is 0.632. The van der Waals surface area contributed by atoms with Gasteiger partial charge in [-0.05, 0) is 54.8 Å². The summed E-state index contributed by atoms with van der Waals surface area (Å²) in [5.41, 5.74) is 3.38. The number of aryl methyl sites for hydroxylation is 1. The van der Waals surface area contributed by atoms with Crippen LogP contribution in [0.1, 0.15) is 17.2 Å². The zero-order valence-corrected chi connectivity index (χ0v) is 21.5. The van der Waals surface area contributed by atoms with Crippen molar-refractivity contribution in [2.24, 2.45) is 5.14 Å². The molecule has 1 fully saturated rings. The second kappa shape index (κ2) is 9.47. The Hall–Kier alpha value is -2.99. The highest BCUT2D eigenvalue weighted by atomic mass is 32.2. The van der Waals surface area contributed by atoms with Crippen molar-refractivity contribution in [2.75, 3.05) is 56.8 Å². The molecule has 0 aliphatic carbocycles. The number of nitrogens with zero attached hydrogens (tertiary/aromatic N) is 4. The zero-order chi connectivity index (χ0) is 25.6. The quantitative estimate of drug-likeness (QED) is 0.526. The second-order valence-electron chi connectivity index (χ2n) is 9.55. The van der Waals surface area contributed by atoms with Crippen molar-refractivity contribution < 1.29 is 17.9 Å². The van der Waals surface area contributed by atoms with E-state index in [1.807, 2.05) is 37.1 Å². The first-order valence-electron chi connectivity index (χ1n) is 11.9. The summed E-state index contributed by atoms with van der Waals surface area (Å²) in [5, 5.41) is 5.84. The van der Waals surface area contributed by atoms with Gasteiger partial charge >= 0.3 is 0 Å². The van der Waals surface area contributed by atoms with Gasteiger partial charge in [-0.3, -0.25) is 9.36 Å². The highest BCUT2D eigenvalue weighted by Gasteiger charge is 2.30. The molecule has 11 heteroatoms. The van der Waals surface area contributed by atoms with Gasteiger partial charge in [-0.25, -0.2) is 18.5 Å². The molecule has 2 aliphatic rings. The number of methoxy groups -OCH3 is 1. The number of ether oxygens (including phenoxy) is 2. The number of likely N-dealkylation sites (N-methyl/N-ethyl adjacent to an activating group) is 1. The molecular weight excluding hydrogens is 482 g/mol. The van der Waals surface area contributed by atoms with Crippen molar-refractivity contribution in [3.05, 3.63) is 57.9 Å². The fraction of sp³-hybridized carbons (Fsp3) is 0.440. The van der Waals surface area contributed by atoms with E-state index in [0.717, 1.165) is 29.9 Å². The lowest BCUT2D eigenvalue weighted by molar-refractivity contribution is -0.0100. The van der Waals surface area contributed by atoms with Crippen LogP contribution in [0.15, 0.2) is 46.1 Å². The van der Waals surface area contributed by atoms with Gasteiger partial charge in [-0.1, -0.05) is 6.07 Å². The van der Waals surface area contributed by atoms with Crippen molar-refractivity contribution in [3.8, 4) is 0 Å². The third kappa shape index (κ3) is 4.59. The number of hydrogen-bond donors (Lipinski definition) is 1. The van der Waals surface area contributed by atoms with Crippen LogP contribution in [-0.2, 0) is 25.9 Å². The van der Waals surface area contributed by atoms with Crippen molar-refractivity contribution in [1.29, 1.82) is 0 Å². The van der Waals surface area contributed by atoms with Crippen LogP contribution in [0.5, 0.6) is 0 Å². The minimum Gasteiger partial charge on any atom is -0.382 e. The molecule has 2 aromatic carbocycles. The number of hydrogen-bond acceptors (Lipinski definition) is 8. The van der Waals surface area contributed by atoms with Crippen molar-refractivity contribution in [3.63, 3.8) is 0 Å². The molecular formula is C25H31N5O5S. The number of rotatable bonds is 6. The summed E-state index contributed by atoms with van der Waals surface area (Å²) >= 11 is 0. The molecule has 0 amide bonds. The number of sulfonamides is 1. The van der Waals surface area contributed by atoms with Gasteiger partial charge in [-0.15, -0.1) is 0 Å². The van der Waals surface area contributed by atoms with E-state index in [4.69, 9.17) is 19.6 Å². The Morgan fingerprint density at radius 2 is 2.00 bits per heavy atom. The van der Waals surface area contributed by atoms with E-state index in [2.05, 4.69) is 4.90 Å². The standard InChI is InChI=1S/C25H31N5O5S/c1-16-10-21(36(26,32)33)6-4-17(16)11-19-13-28(2)25-27-23-12-18(5-7-22(23)24(31)30(19)25)29-8-9-35-20(14-29)15-34-3/h4-7,10,12,19-20H,8-9,11,13-15H2,1-3H3,(H2,26,32,33)/t19?,20-/m1/s1. The third-order valence-electron chi connectivity index (χ3n) is 7.01. The Morgan fingerprint density at radius 3 is 2.72 bits per heavy atom. The molecule has 2 aliphatic heterocycles. The summed E-state index contributed by atoms with van der Waals surface area (Å²) in [6.45, 7) is 5.12. The van der Waals surface area contributed by atoms with Crippen LogP contribution >= 0.6 is 0 Å². The highest BCUT2D eigenvalue weighted by molar-refractivity contribution is 7.89. The Bertz CT molecular complexity index is 1470. The second-order valence-corrected chi connectivity index (χ2v) is 11.1. The highest BCUT2D eigenvalue weighted by Crippen LogP contribution is 2.31. The van der Waals surface area contributed by atoms with Crippen LogP contribution in [-0.4, -0.2) is 71.1 Å². The van der Waals surface area contributed by atoms with Crippen LogP contribution in [0.3, 0.4) is 0 Å². The predicted molar refractivity (Wildman–Crippen MR) is 138 cm³/mol. The number of morpholine rings is 1. The third-order valence-corrected chi connectivity index (χ3v) is 7.92. The van der Waals surface area contributed by atoms with Crippen molar-refractivity contribution in [1.82, 2.24) is 9.55 Å². The van der Waals surface area contributed by atoms with E-state index in [1.54, 1.807) is 23.8 Å². The molecule has 0 radical (unpaired) electrons. The average molecular weight is 514 g/mol. The monoisotopic (exact) mass is 513 g/mol. The molecule has 1 aromatic heterocycles. The summed E-state index contributed by atoms with van der Waals surface area (Å²) in [6.07, 6.45) is 0.584. The zero-order valence-electron chi connectivity index (χ0n) is 20.7. The van der Waals surface area contributed by atoms with Crippen molar-refractivity contribution in [2.45, 2.75) is 30.4 Å². The Kier molecular flexibility index (Phi) is 6.50. The molecule has 36 heavy (non-hydrogen) atoms. The van der Waals surface area contributed by atoms with Gasteiger partial charge in [0, 0.05) is 39.5 Å². The lowest BCUT2D eigenvalue weighted by Crippen LogP contribution is -2.44. The van der Waals surface area contributed by atoms with Crippen LogP contribution in [0.25, 0.3) is 10.9 Å². The fourth-order valence-electron chi connectivity index (χ4n) is 5.17. The van der Waals surface area contributed by atoms with E-state index >= 15 is 0 Å². The van der Waals surface area contributed by atoms with Crippen LogP contribution < -0.4 is 20.5 Å². The normalized spacial score (nSPS) is 20.2. The maximum Gasteiger partial charge on any atom is 0.263 e. The molecule has 3 aromatic rings. The van der Waals surface area contributed by atoms with E-state index in [-0.39, 0.29) is 22.6 Å². The number of nitrogens with two attached hydrogens (primary N) is 1. The topological polar surface area (TPSA) is 120 Å². The van der Waals surface area contributed by atoms with Crippen LogP contribution in [0.4, 0.5) is 11.6 Å². The molecule has 192 valence electrons. The minimum atomic E-state index is -3.77. The van der Waals surface area contributed by atoms with Crippen LogP contribution in [0, 0.1) is 6.92 Å². The number of primary sulfonamides is 1. The first-order chi connectivity index (χ1) is 17.2. The summed E-state index contributed by atoms with van der Waals surface area (Å²) in [7, 11) is -0.165. The molecule has 0 spiro atoms. The Morgan fingerprint density at radius 1 is 1.19 bits per heavy atom. The lowest BCUT2D eigenvalue weighted by Gasteiger charge is -2.34. The molecule has 2 N–H and O–H groups in total. The van der Waals surface area contributed by atoms with E-state index in [0.29, 0.717) is 43.0 Å². The first-order valence-corrected chi connectivity index (χ1v) is 13.5. The van der Waals surface area contributed by atoms with Crippen molar-refractivity contribution >= 4 is 32.6 Å². The molecule has 10 nitrogen and oxygen atoms in total. The van der Waals surface area contributed by atoms with E-state index in [1.165, 1.54) is 6.07 Å². The Labute approximate surface area is 210 Å². The molecule has 0 saturated carbocycles. The van der Waals surface area contributed by atoms with Gasteiger partial charge in [0.15, 0.2) is 0 Å². The Balaban J connectivity index is 1.46. The molecule has 0 bridgehead atoms. The average Bonchev–Trinajstić information content (AvgIpc) is 3.15. The molecule has 3 heterocycles. The predicted octanol–water partition coefficient (Wildman–Crippen LogP) is 1.44. The van der Waals surface area contributed by atoms with Gasteiger partial charge in [0.2, 0.25) is 16.0 Å². The molecule has 5 rings (SSSR count). The van der Waals surface area contributed by atoms with Gasteiger partial charge in [0.05, 0.1) is 41.2 Å². The first kappa shape index (κ1) is 24.7. The number of benzene rings is 2. The summed E-state index contributed by atoms with van der Waals surface area (Å²) in [6, 6.07) is 10.6. The van der Waals surface area contributed by atoms with Crippen LogP contribution in [0.2, 0.25) is 0 Å². The van der Waals surface area contributed by atoms with Gasteiger partial charge < -0.3 is 19.3 Å². The molecule has 1 unspecified atom stereocenters. The maximum atomic E-state index is 13.6. The van der Waals surface area contributed by atoms with Gasteiger partial charge in [0.1, 0.15) is 0 Å². The smallest absolute Gasteiger partial charge is 0.263 e. The summed E-state index contributed by atoms with van der Waals surface area (Å²) < 4.78 is 36.2. The minimum absolute atomic E-state index is 0.00688. The van der Waals surface area contributed by atoms with Gasteiger partial charge in [-0.2, -0.15) is 0 Å². The van der Waals surface area contributed by atoms with E-state index in [9.17, 15) is 13.2 Å². The molecule has 1 saturated heterocycles. The summed E-state index contributed by atoms with van der Waals surface area (Å²) in [4.78, 5) is 22.8. The largest absolute Gasteiger partial charge is 0.382 e. The lowest BCUT2D eigenvalue weighted by atomic mass is 10.0. The number of aromatic nitrogens is 2. The SMILES string of the molecule is COC[C@H]1CN(c2ccc3c(=O)n4c(nc3c2)N(C)CC4Cc2ccc(S(N)(=O)=O)cc2C)CCO1. The fourth-order valence-corrected chi connectivity index (χ4v) is 5.77. The maximum absolute atomic E-state index is 13.6. The van der Waals surface area contributed by atoms with Gasteiger partial charge in [0.25, 0.3) is 5.56 Å². The molecule has 2 atom stereocenters.